The van der Waals surface area contributed by atoms with E-state index in [1.165, 1.54) is 37.3 Å². The van der Waals surface area contributed by atoms with Gasteiger partial charge in [-0.25, -0.2) is 0 Å². The van der Waals surface area contributed by atoms with Crippen molar-refractivity contribution in [1.29, 1.82) is 0 Å². The number of hydrogen-bond donors (Lipinski definition) is 1. The van der Waals surface area contributed by atoms with Gasteiger partial charge in [0.2, 0.25) is 0 Å². The van der Waals surface area contributed by atoms with Gasteiger partial charge in [0.15, 0.2) is 0 Å². The Morgan fingerprint density at radius 3 is 2.83 bits per heavy atom. The maximum absolute atomic E-state index is 4.45. The summed E-state index contributed by atoms with van der Waals surface area (Å²) in [6, 6.07) is 2.24. The molecular formula is C15H25N3. The fourth-order valence-electron chi connectivity index (χ4n) is 3.44. The van der Waals surface area contributed by atoms with E-state index in [0.717, 1.165) is 12.5 Å². The van der Waals surface area contributed by atoms with Crippen molar-refractivity contribution in [3.05, 3.63) is 17.5 Å². The van der Waals surface area contributed by atoms with Gasteiger partial charge in [-0.15, -0.1) is 0 Å². The number of rotatable bonds is 3. The molecule has 1 aliphatic heterocycles. The number of piperidine rings is 1. The molecule has 2 atom stereocenters. The Hall–Kier alpha value is -0.830. The van der Waals surface area contributed by atoms with Crippen LogP contribution in [0.15, 0.2) is 6.07 Å². The van der Waals surface area contributed by atoms with Gasteiger partial charge in [0.1, 0.15) is 0 Å². The molecule has 3 heteroatoms. The molecule has 0 bridgehead atoms. The molecular weight excluding hydrogens is 222 g/mol. The second-order valence-electron chi connectivity index (χ2n) is 7.32. The number of aromatic nitrogens is 2. The van der Waals surface area contributed by atoms with Gasteiger partial charge >= 0.3 is 0 Å². The van der Waals surface area contributed by atoms with E-state index >= 15 is 0 Å². The smallest absolute Gasteiger partial charge is 0.0678 e. The average Bonchev–Trinajstić information content (AvgIpc) is 2.68. The zero-order chi connectivity index (χ0) is 13.0. The van der Waals surface area contributed by atoms with Crippen molar-refractivity contribution >= 4 is 0 Å². The van der Waals surface area contributed by atoms with Crippen molar-refractivity contribution in [3.63, 3.8) is 0 Å². The molecule has 100 valence electrons. The molecule has 1 aliphatic carbocycles. The van der Waals surface area contributed by atoms with Crippen molar-refractivity contribution < 1.29 is 0 Å². The lowest BCUT2D eigenvalue weighted by atomic mass is 9.92. The van der Waals surface area contributed by atoms with E-state index in [2.05, 4.69) is 48.9 Å². The Kier molecular flexibility index (Phi) is 2.60. The molecule has 3 rings (SSSR count). The third-order valence-electron chi connectivity index (χ3n) is 4.87. The molecule has 0 aromatic carbocycles. The molecule has 1 saturated heterocycles. The predicted octanol–water partition coefficient (Wildman–Crippen LogP) is 2.94. The maximum Gasteiger partial charge on any atom is 0.0678 e. The number of aromatic amines is 1. The van der Waals surface area contributed by atoms with Crippen LogP contribution in [0, 0.1) is 11.3 Å². The fourth-order valence-corrected chi connectivity index (χ4v) is 3.44. The van der Waals surface area contributed by atoms with E-state index in [4.69, 9.17) is 0 Å². The number of likely N-dealkylation sites (tertiary alicyclic amines) is 1. The highest BCUT2D eigenvalue weighted by Gasteiger charge is 2.57. The lowest BCUT2D eigenvalue weighted by Gasteiger charge is -2.19. The van der Waals surface area contributed by atoms with Crippen LogP contribution in [0.3, 0.4) is 0 Å². The minimum absolute atomic E-state index is 0.145. The number of hydrogen-bond acceptors (Lipinski definition) is 2. The Morgan fingerprint density at radius 2 is 2.28 bits per heavy atom. The zero-order valence-electron chi connectivity index (χ0n) is 12.1. The molecule has 1 saturated carbocycles. The molecule has 2 unspecified atom stereocenters. The first kappa shape index (κ1) is 12.2. The first-order valence-electron chi connectivity index (χ1n) is 7.20. The molecule has 3 nitrogen and oxygen atoms in total. The summed E-state index contributed by atoms with van der Waals surface area (Å²) in [4.78, 5) is 2.59. The van der Waals surface area contributed by atoms with Gasteiger partial charge in [-0.2, -0.15) is 5.10 Å². The zero-order valence-corrected chi connectivity index (χ0v) is 12.1. The number of H-pyrrole nitrogens is 1. The van der Waals surface area contributed by atoms with E-state index in [1.54, 1.807) is 0 Å². The Balaban J connectivity index is 1.63. The van der Waals surface area contributed by atoms with E-state index in [9.17, 15) is 0 Å². The standard InChI is InChI=1S/C15H25N3/c1-5-15-7-11(15)8-18(10-15)9-12-6-13(17-16-12)14(2,3)4/h6,11H,5,7-10H2,1-4H3,(H,16,17). The quantitative estimate of drug-likeness (QED) is 0.890. The minimum Gasteiger partial charge on any atom is -0.297 e. The summed E-state index contributed by atoms with van der Waals surface area (Å²) in [5, 5.41) is 7.65. The monoisotopic (exact) mass is 247 g/mol. The lowest BCUT2D eigenvalue weighted by molar-refractivity contribution is 0.267. The maximum atomic E-state index is 4.45. The highest BCUT2D eigenvalue weighted by Crippen LogP contribution is 2.59. The van der Waals surface area contributed by atoms with Crippen molar-refractivity contribution in [1.82, 2.24) is 15.1 Å². The second kappa shape index (κ2) is 3.83. The van der Waals surface area contributed by atoms with Gasteiger partial charge in [0.05, 0.1) is 5.69 Å². The molecule has 1 aromatic rings. The van der Waals surface area contributed by atoms with Gasteiger partial charge in [0.25, 0.3) is 0 Å². The van der Waals surface area contributed by atoms with Crippen LogP contribution in [-0.4, -0.2) is 28.2 Å². The summed E-state index contributed by atoms with van der Waals surface area (Å²) in [7, 11) is 0. The van der Waals surface area contributed by atoms with E-state index in [0.29, 0.717) is 5.41 Å². The topological polar surface area (TPSA) is 31.9 Å². The second-order valence-corrected chi connectivity index (χ2v) is 7.32. The SMILES string of the molecule is CCC12CC1CN(Cc1cc(C(C)(C)C)n[nH]1)C2. The van der Waals surface area contributed by atoms with Crippen LogP contribution >= 0.6 is 0 Å². The summed E-state index contributed by atoms with van der Waals surface area (Å²) >= 11 is 0. The highest BCUT2D eigenvalue weighted by atomic mass is 15.2. The first-order chi connectivity index (χ1) is 8.43. The number of fused-ring (bicyclic) bond motifs is 1. The van der Waals surface area contributed by atoms with Gasteiger partial charge < -0.3 is 0 Å². The third kappa shape index (κ3) is 1.99. The van der Waals surface area contributed by atoms with E-state index < -0.39 is 0 Å². The predicted molar refractivity (Wildman–Crippen MR) is 73.4 cm³/mol. The fraction of sp³-hybridized carbons (Fsp3) is 0.800. The van der Waals surface area contributed by atoms with Crippen LogP contribution in [0.4, 0.5) is 0 Å². The van der Waals surface area contributed by atoms with Gasteiger partial charge in [0, 0.05) is 30.7 Å². The highest BCUT2D eigenvalue weighted by molar-refractivity contribution is 5.17. The van der Waals surface area contributed by atoms with Crippen molar-refractivity contribution in [3.8, 4) is 0 Å². The minimum atomic E-state index is 0.145. The molecule has 2 fully saturated rings. The molecule has 18 heavy (non-hydrogen) atoms. The third-order valence-corrected chi connectivity index (χ3v) is 4.87. The number of nitrogens with one attached hydrogen (secondary N) is 1. The van der Waals surface area contributed by atoms with E-state index in [1.807, 2.05) is 0 Å². The van der Waals surface area contributed by atoms with Crippen molar-refractivity contribution in [2.45, 2.75) is 52.5 Å². The molecule has 1 aromatic heterocycles. The van der Waals surface area contributed by atoms with Gasteiger partial charge in [-0.05, 0) is 30.2 Å². The van der Waals surface area contributed by atoms with Gasteiger partial charge in [-0.1, -0.05) is 27.7 Å². The van der Waals surface area contributed by atoms with E-state index in [-0.39, 0.29) is 5.41 Å². The van der Waals surface area contributed by atoms with Crippen molar-refractivity contribution in [2.75, 3.05) is 13.1 Å². The summed E-state index contributed by atoms with van der Waals surface area (Å²) in [5.74, 6) is 0.979. The number of nitrogens with zero attached hydrogens (tertiary/aromatic N) is 2. The average molecular weight is 247 g/mol. The summed E-state index contributed by atoms with van der Waals surface area (Å²) in [6.07, 6.45) is 2.82. The largest absolute Gasteiger partial charge is 0.297 e. The van der Waals surface area contributed by atoms with Gasteiger partial charge in [-0.3, -0.25) is 10.00 Å². The summed E-state index contributed by atoms with van der Waals surface area (Å²) in [6.45, 7) is 12.6. The van der Waals surface area contributed by atoms with Crippen LogP contribution in [0.1, 0.15) is 51.9 Å². The Labute approximate surface area is 110 Å². The first-order valence-corrected chi connectivity index (χ1v) is 7.20. The van der Waals surface area contributed by atoms with Crippen molar-refractivity contribution in [2.24, 2.45) is 11.3 Å². The molecule has 2 heterocycles. The van der Waals surface area contributed by atoms with Crippen LogP contribution in [0.25, 0.3) is 0 Å². The molecule has 1 N–H and O–H groups in total. The van der Waals surface area contributed by atoms with Crippen LogP contribution < -0.4 is 0 Å². The van der Waals surface area contributed by atoms with Crippen LogP contribution in [-0.2, 0) is 12.0 Å². The molecule has 0 amide bonds. The molecule has 0 radical (unpaired) electrons. The molecule has 0 spiro atoms. The Morgan fingerprint density at radius 1 is 1.50 bits per heavy atom. The van der Waals surface area contributed by atoms with Crippen LogP contribution in [0.5, 0.6) is 0 Å². The summed E-state index contributed by atoms with van der Waals surface area (Å²) in [5.41, 5.74) is 3.28. The molecule has 2 aliphatic rings. The van der Waals surface area contributed by atoms with Crippen LogP contribution in [0.2, 0.25) is 0 Å². The Bertz CT molecular complexity index is 439. The lowest BCUT2D eigenvalue weighted by Crippen LogP contribution is -2.24. The normalized spacial score (nSPS) is 31.7. The summed E-state index contributed by atoms with van der Waals surface area (Å²) < 4.78 is 0.